The predicted molar refractivity (Wildman–Crippen MR) is 138 cm³/mol. The van der Waals surface area contributed by atoms with Crippen molar-refractivity contribution in [1.29, 1.82) is 0 Å². The van der Waals surface area contributed by atoms with Crippen molar-refractivity contribution >= 4 is 23.4 Å². The Morgan fingerprint density at radius 3 is 2.22 bits per heavy atom. The van der Waals surface area contributed by atoms with E-state index in [1.54, 1.807) is 49.4 Å². The van der Waals surface area contributed by atoms with Crippen LogP contribution in [-0.2, 0) is 26.3 Å². The molecule has 2 unspecified atom stereocenters. The van der Waals surface area contributed by atoms with Gasteiger partial charge >= 0.3 is 12.1 Å². The van der Waals surface area contributed by atoms with Gasteiger partial charge in [0.25, 0.3) is 0 Å². The molecule has 8 nitrogen and oxygen atoms in total. The number of fused-ring (bicyclic) bond motifs is 1. The second-order valence-electron chi connectivity index (χ2n) is 8.73. The van der Waals surface area contributed by atoms with Crippen molar-refractivity contribution in [2.24, 2.45) is 0 Å². The van der Waals surface area contributed by atoms with Crippen molar-refractivity contribution in [3.05, 3.63) is 90.0 Å². The minimum absolute atomic E-state index is 0.0222. The number of hydrogen-bond acceptors (Lipinski definition) is 7. The van der Waals surface area contributed by atoms with E-state index in [0.717, 1.165) is 0 Å². The number of hydrogen-bond donors (Lipinski definition) is 2. The molecule has 0 spiro atoms. The molecule has 0 aromatic heterocycles. The average molecular weight is 506 g/mol. The van der Waals surface area contributed by atoms with Gasteiger partial charge in [0.15, 0.2) is 6.61 Å². The molecule has 0 fully saturated rings. The summed E-state index contributed by atoms with van der Waals surface area (Å²) >= 11 is 0. The first-order chi connectivity index (χ1) is 17.9. The molecule has 2 N–H and O–H groups in total. The molecule has 8 heteroatoms. The molecule has 4 rings (SSSR count). The molecule has 194 valence electrons. The first kappa shape index (κ1) is 26.2. The highest BCUT2D eigenvalue weighted by molar-refractivity contribution is 5.95. The van der Waals surface area contributed by atoms with Crippen molar-refractivity contribution in [3.63, 3.8) is 0 Å². The number of carbonyl (C=O) groups is 2. The maximum Gasteiger partial charge on any atom is 0.418 e. The lowest BCUT2D eigenvalue weighted by Gasteiger charge is -2.39. The highest BCUT2D eigenvalue weighted by atomic mass is 16.6. The summed E-state index contributed by atoms with van der Waals surface area (Å²) in [6, 6.07) is 23.4. The number of anilines is 2. The number of amides is 1. The molecular formula is C29H31NO7. The number of ether oxygens (including phenoxy) is 3. The first-order valence-electron chi connectivity index (χ1n) is 12.3. The summed E-state index contributed by atoms with van der Waals surface area (Å²) < 4.78 is 16.2. The molecule has 0 radical (unpaired) electrons. The number of benzene rings is 3. The van der Waals surface area contributed by atoms with Crippen LogP contribution in [0.15, 0.2) is 78.9 Å². The summed E-state index contributed by atoms with van der Waals surface area (Å²) in [6.07, 6.45) is -0.924. The van der Waals surface area contributed by atoms with Gasteiger partial charge in [-0.3, -0.25) is 0 Å². The van der Waals surface area contributed by atoms with E-state index in [1.807, 2.05) is 36.4 Å². The summed E-state index contributed by atoms with van der Waals surface area (Å²) in [5.41, 5.74) is 0.835. The van der Waals surface area contributed by atoms with Crippen LogP contribution < -0.4 is 9.64 Å². The van der Waals surface area contributed by atoms with Crippen LogP contribution in [0.3, 0.4) is 0 Å². The number of nitrogens with zero attached hydrogens (tertiary/aromatic N) is 1. The van der Waals surface area contributed by atoms with Crippen molar-refractivity contribution in [2.45, 2.75) is 37.9 Å². The van der Waals surface area contributed by atoms with Crippen LogP contribution in [0.25, 0.3) is 0 Å². The zero-order chi connectivity index (χ0) is 26.3. The lowest BCUT2D eigenvalue weighted by Crippen LogP contribution is -2.45. The summed E-state index contributed by atoms with van der Waals surface area (Å²) in [5.74, 6) is -0.0355. The monoisotopic (exact) mass is 505 g/mol. The van der Waals surface area contributed by atoms with Crippen molar-refractivity contribution < 1.29 is 34.0 Å². The third-order valence-corrected chi connectivity index (χ3v) is 6.39. The number of esters is 1. The van der Waals surface area contributed by atoms with Crippen LogP contribution in [0.5, 0.6) is 5.75 Å². The lowest BCUT2D eigenvalue weighted by atomic mass is 9.75. The van der Waals surface area contributed by atoms with Gasteiger partial charge in [-0.2, -0.15) is 0 Å². The van der Waals surface area contributed by atoms with E-state index < -0.39 is 23.8 Å². The fourth-order valence-corrected chi connectivity index (χ4v) is 4.58. The van der Waals surface area contributed by atoms with Crippen LogP contribution in [0, 0.1) is 0 Å². The fraction of sp³-hybridized carbons (Fsp3) is 0.310. The summed E-state index contributed by atoms with van der Waals surface area (Å²) in [6.45, 7) is 1.59. The molecule has 1 amide bonds. The lowest BCUT2D eigenvalue weighted by molar-refractivity contribution is -0.145. The SMILES string of the molecule is CCOC(=O)COc1cccc2c1CCC(O)C2(O)CCOC(=O)N(c1ccccc1)c1ccccc1. The Morgan fingerprint density at radius 1 is 0.946 bits per heavy atom. The van der Waals surface area contributed by atoms with Crippen LogP contribution >= 0.6 is 0 Å². The van der Waals surface area contributed by atoms with E-state index in [4.69, 9.17) is 14.2 Å². The van der Waals surface area contributed by atoms with Crippen molar-refractivity contribution in [3.8, 4) is 5.75 Å². The van der Waals surface area contributed by atoms with Gasteiger partial charge in [0.2, 0.25) is 0 Å². The maximum absolute atomic E-state index is 13.2. The van der Waals surface area contributed by atoms with Gasteiger partial charge in [-0.25, -0.2) is 14.5 Å². The summed E-state index contributed by atoms with van der Waals surface area (Å²) in [7, 11) is 0. The quantitative estimate of drug-likeness (QED) is 0.413. The zero-order valence-corrected chi connectivity index (χ0v) is 20.7. The normalized spacial score (nSPS) is 18.4. The van der Waals surface area contributed by atoms with Gasteiger partial charge in [-0.15, -0.1) is 0 Å². The van der Waals surface area contributed by atoms with Crippen LogP contribution in [0.2, 0.25) is 0 Å². The molecule has 0 aliphatic heterocycles. The second-order valence-corrected chi connectivity index (χ2v) is 8.73. The topological polar surface area (TPSA) is 106 Å². The number of para-hydroxylation sites is 2. The van der Waals surface area contributed by atoms with Crippen molar-refractivity contribution in [2.75, 3.05) is 24.7 Å². The van der Waals surface area contributed by atoms with E-state index >= 15 is 0 Å². The number of carbonyl (C=O) groups excluding carboxylic acids is 2. The predicted octanol–water partition coefficient (Wildman–Crippen LogP) is 4.49. The fourth-order valence-electron chi connectivity index (χ4n) is 4.58. The molecular weight excluding hydrogens is 474 g/mol. The largest absolute Gasteiger partial charge is 0.482 e. The van der Waals surface area contributed by atoms with Gasteiger partial charge in [0.05, 0.1) is 30.7 Å². The first-order valence-corrected chi connectivity index (χ1v) is 12.3. The van der Waals surface area contributed by atoms with Crippen LogP contribution in [0.1, 0.15) is 30.9 Å². The number of rotatable bonds is 9. The van der Waals surface area contributed by atoms with Gasteiger partial charge in [0, 0.05) is 12.0 Å². The highest BCUT2D eigenvalue weighted by Gasteiger charge is 2.43. The van der Waals surface area contributed by atoms with E-state index in [2.05, 4.69) is 0 Å². The average Bonchev–Trinajstić information content (AvgIpc) is 2.91. The molecule has 1 aliphatic rings. The molecule has 3 aromatic rings. The molecule has 1 aliphatic carbocycles. The number of aliphatic hydroxyl groups is 2. The molecule has 0 bridgehead atoms. The molecule has 0 saturated heterocycles. The number of aliphatic hydroxyl groups excluding tert-OH is 1. The molecule has 2 atom stereocenters. The van der Waals surface area contributed by atoms with Gasteiger partial charge in [-0.05, 0) is 55.7 Å². The van der Waals surface area contributed by atoms with Gasteiger partial charge in [0.1, 0.15) is 11.4 Å². The second kappa shape index (κ2) is 11.9. The van der Waals surface area contributed by atoms with E-state index in [1.165, 1.54) is 4.90 Å². The van der Waals surface area contributed by atoms with Gasteiger partial charge in [-0.1, -0.05) is 48.5 Å². The minimum atomic E-state index is -1.65. The maximum atomic E-state index is 13.2. The van der Waals surface area contributed by atoms with Crippen LogP contribution in [-0.4, -0.2) is 48.2 Å². The van der Waals surface area contributed by atoms with E-state index in [9.17, 15) is 19.8 Å². The third kappa shape index (κ3) is 5.93. The van der Waals surface area contributed by atoms with E-state index in [-0.39, 0.29) is 32.7 Å². The Bertz CT molecular complexity index is 1160. The zero-order valence-electron chi connectivity index (χ0n) is 20.7. The molecule has 0 saturated carbocycles. The van der Waals surface area contributed by atoms with E-state index in [0.29, 0.717) is 34.7 Å². The molecule has 37 heavy (non-hydrogen) atoms. The molecule has 0 heterocycles. The Balaban J connectivity index is 1.49. The Morgan fingerprint density at radius 2 is 1.59 bits per heavy atom. The summed E-state index contributed by atoms with van der Waals surface area (Å²) in [5, 5.41) is 22.3. The summed E-state index contributed by atoms with van der Waals surface area (Å²) in [4.78, 5) is 26.4. The standard InChI is InChI=1S/C29H31NO7/c1-2-35-27(32)20-37-25-15-9-14-24-23(25)16-17-26(31)29(24,34)18-19-36-28(33)30(21-10-5-3-6-11-21)22-12-7-4-8-13-22/h3-15,26,31,34H,2,16-20H2,1H3. The Labute approximate surface area is 216 Å². The van der Waals surface area contributed by atoms with Crippen molar-refractivity contribution in [1.82, 2.24) is 0 Å². The highest BCUT2D eigenvalue weighted by Crippen LogP contribution is 2.42. The smallest absolute Gasteiger partial charge is 0.418 e. The Kier molecular flexibility index (Phi) is 8.43. The molecule has 3 aromatic carbocycles. The minimum Gasteiger partial charge on any atom is -0.482 e. The third-order valence-electron chi connectivity index (χ3n) is 6.39. The van der Waals surface area contributed by atoms with Crippen LogP contribution in [0.4, 0.5) is 16.2 Å². The van der Waals surface area contributed by atoms with Gasteiger partial charge < -0.3 is 24.4 Å². The Hall–Kier alpha value is -3.88.